The van der Waals surface area contributed by atoms with Gasteiger partial charge in [-0.05, 0) is 58.9 Å². The topological polar surface area (TPSA) is 93.0 Å². The smallest absolute Gasteiger partial charge is 0.271 e. The van der Waals surface area contributed by atoms with Gasteiger partial charge in [-0.3, -0.25) is 9.36 Å². The number of carboxylic acids is 1. The summed E-state index contributed by atoms with van der Waals surface area (Å²) in [6.45, 7) is 0. The summed E-state index contributed by atoms with van der Waals surface area (Å²) in [4.78, 5) is 30.6. The molecule has 4 aromatic rings. The Labute approximate surface area is 222 Å². The number of hydrogen-bond acceptors (Lipinski definition) is 7. The lowest BCUT2D eigenvalue weighted by Crippen LogP contribution is -2.38. The number of thiazole rings is 1. The molecule has 0 fully saturated rings. The monoisotopic (exact) mass is 523 g/mol. The standard InChI is InChI=1S/C30H24N2O5S/c1-36-23-14-12-20(16-24(23)37-2)27-22-13-11-18-5-3-4-6-21(18)26(22)31-30-32(27)28(33)25(38-30)15-17-7-9-19(10-8-17)29(34)35/h3-10,12,14-16,27H,11,13H2,1-2H3,(H,34,35)/p-1/b25-15+/t27-/m0/s1. The highest BCUT2D eigenvalue weighted by Crippen LogP contribution is 2.42. The lowest BCUT2D eigenvalue weighted by molar-refractivity contribution is -0.255. The first-order chi connectivity index (χ1) is 18.5. The van der Waals surface area contributed by atoms with Gasteiger partial charge in [-0.2, -0.15) is 0 Å². The summed E-state index contributed by atoms with van der Waals surface area (Å²) < 4.78 is 13.3. The average Bonchev–Trinajstić information content (AvgIpc) is 3.25. The third-order valence-electron chi connectivity index (χ3n) is 7.04. The molecule has 0 radical (unpaired) electrons. The van der Waals surface area contributed by atoms with E-state index < -0.39 is 5.97 Å². The first kappa shape index (κ1) is 23.9. The number of hydrogen-bond donors (Lipinski definition) is 0. The zero-order valence-electron chi connectivity index (χ0n) is 20.8. The molecule has 0 saturated heterocycles. The molecular weight excluding hydrogens is 500 g/mol. The third kappa shape index (κ3) is 3.94. The maximum absolute atomic E-state index is 13.9. The zero-order chi connectivity index (χ0) is 26.4. The predicted molar refractivity (Wildman–Crippen MR) is 143 cm³/mol. The first-order valence-electron chi connectivity index (χ1n) is 12.1. The summed E-state index contributed by atoms with van der Waals surface area (Å²) in [5.74, 6) is -0.0286. The molecule has 0 N–H and O–H groups in total. The van der Waals surface area contributed by atoms with E-state index in [0.717, 1.165) is 40.8 Å². The van der Waals surface area contributed by atoms with Crippen molar-refractivity contribution in [1.82, 2.24) is 4.57 Å². The van der Waals surface area contributed by atoms with Gasteiger partial charge in [0.15, 0.2) is 16.3 Å². The van der Waals surface area contributed by atoms with Crippen LogP contribution in [0, 0.1) is 0 Å². The Bertz CT molecular complexity index is 1800. The second-order valence-electron chi connectivity index (χ2n) is 9.14. The van der Waals surface area contributed by atoms with Gasteiger partial charge in [-0.15, -0.1) is 0 Å². The van der Waals surface area contributed by atoms with Crippen molar-refractivity contribution < 1.29 is 19.4 Å². The van der Waals surface area contributed by atoms with Crippen molar-refractivity contribution in [3.8, 4) is 11.5 Å². The second kappa shape index (κ2) is 9.46. The number of allylic oxidation sites excluding steroid dienone is 1. The van der Waals surface area contributed by atoms with Gasteiger partial charge in [0.25, 0.3) is 5.56 Å². The van der Waals surface area contributed by atoms with E-state index in [0.29, 0.717) is 20.8 Å². The van der Waals surface area contributed by atoms with E-state index >= 15 is 0 Å². The Morgan fingerprint density at radius 2 is 1.79 bits per heavy atom. The van der Waals surface area contributed by atoms with Crippen LogP contribution in [0.3, 0.4) is 0 Å². The van der Waals surface area contributed by atoms with Gasteiger partial charge in [0, 0.05) is 5.56 Å². The van der Waals surface area contributed by atoms with Crippen LogP contribution in [0.15, 0.2) is 82.1 Å². The Kier molecular flexibility index (Phi) is 5.96. The summed E-state index contributed by atoms with van der Waals surface area (Å²) in [5, 5.41) is 11.1. The number of carbonyl (C=O) groups excluding carboxylic acids is 1. The number of methoxy groups -OCH3 is 2. The Morgan fingerprint density at radius 3 is 2.53 bits per heavy atom. The van der Waals surface area contributed by atoms with Crippen molar-refractivity contribution in [1.29, 1.82) is 0 Å². The van der Waals surface area contributed by atoms with Gasteiger partial charge >= 0.3 is 0 Å². The lowest BCUT2D eigenvalue weighted by Gasteiger charge is -2.31. The molecular formula is C30H23N2O5S-. The van der Waals surface area contributed by atoms with Gasteiger partial charge in [0.05, 0.1) is 36.5 Å². The molecule has 1 atom stereocenters. The van der Waals surface area contributed by atoms with E-state index in [2.05, 4.69) is 12.1 Å². The lowest BCUT2D eigenvalue weighted by atomic mass is 9.83. The van der Waals surface area contributed by atoms with Crippen molar-refractivity contribution in [2.24, 2.45) is 4.99 Å². The number of aromatic carboxylic acids is 1. The highest BCUT2D eigenvalue weighted by molar-refractivity contribution is 7.07. The molecule has 2 aliphatic rings. The number of carbonyl (C=O) groups is 1. The normalized spacial score (nSPS) is 16.3. The van der Waals surface area contributed by atoms with Crippen LogP contribution in [-0.2, 0) is 6.42 Å². The molecule has 0 bridgehead atoms. The summed E-state index contributed by atoms with van der Waals surface area (Å²) in [5.41, 5.74) is 5.91. The van der Waals surface area contributed by atoms with E-state index in [9.17, 15) is 14.7 Å². The molecule has 3 aromatic carbocycles. The quantitative estimate of drug-likeness (QED) is 0.401. The van der Waals surface area contributed by atoms with E-state index in [1.54, 1.807) is 37.0 Å². The Balaban J connectivity index is 1.58. The van der Waals surface area contributed by atoms with Gasteiger partial charge < -0.3 is 19.4 Å². The van der Waals surface area contributed by atoms with Gasteiger partial charge in [0.2, 0.25) is 0 Å². The summed E-state index contributed by atoms with van der Waals surface area (Å²) >= 11 is 1.32. The number of fused-ring (bicyclic) bond motifs is 3. The molecule has 0 saturated carbocycles. The van der Waals surface area contributed by atoms with E-state index in [1.807, 2.05) is 30.3 Å². The minimum atomic E-state index is -1.24. The largest absolute Gasteiger partial charge is 0.545 e. The fourth-order valence-corrected chi connectivity index (χ4v) is 6.21. The van der Waals surface area contributed by atoms with Crippen LogP contribution in [0.2, 0.25) is 0 Å². The molecule has 0 amide bonds. The SMILES string of the molecule is COc1ccc([C@H]2C3=C(N=c4s/c(=C/c5ccc(C(=O)[O-])cc5)c(=O)n42)c2ccccc2CC3)cc1OC. The number of carboxylic acid groups (broad SMARTS) is 1. The number of ether oxygens (including phenoxy) is 2. The van der Waals surface area contributed by atoms with Crippen molar-refractivity contribution >= 4 is 29.1 Å². The molecule has 7 nitrogen and oxygen atoms in total. The van der Waals surface area contributed by atoms with Crippen molar-refractivity contribution in [3.63, 3.8) is 0 Å². The number of benzene rings is 3. The van der Waals surface area contributed by atoms with E-state index in [-0.39, 0.29) is 17.2 Å². The highest BCUT2D eigenvalue weighted by atomic mass is 32.1. The third-order valence-corrected chi connectivity index (χ3v) is 8.02. The summed E-state index contributed by atoms with van der Waals surface area (Å²) in [6.07, 6.45) is 3.41. The van der Waals surface area contributed by atoms with E-state index in [1.165, 1.54) is 29.0 Å². The number of nitrogens with zero attached hydrogens (tertiary/aromatic N) is 2. The molecule has 1 aromatic heterocycles. The van der Waals surface area contributed by atoms with Gasteiger partial charge in [-0.25, -0.2) is 4.99 Å². The second-order valence-corrected chi connectivity index (χ2v) is 10.1. The van der Waals surface area contributed by atoms with Crippen LogP contribution in [0.5, 0.6) is 11.5 Å². The number of aryl methyl sites for hydroxylation is 1. The average molecular weight is 524 g/mol. The van der Waals surface area contributed by atoms with Gasteiger partial charge in [0.1, 0.15) is 0 Å². The molecule has 38 heavy (non-hydrogen) atoms. The molecule has 0 spiro atoms. The number of aromatic nitrogens is 1. The van der Waals surface area contributed by atoms with Crippen molar-refractivity contribution in [2.75, 3.05) is 14.2 Å². The fraction of sp³-hybridized carbons (Fsp3) is 0.167. The van der Waals surface area contributed by atoms with E-state index in [4.69, 9.17) is 14.5 Å². The Morgan fingerprint density at radius 1 is 1.03 bits per heavy atom. The zero-order valence-corrected chi connectivity index (χ0v) is 21.6. The summed E-state index contributed by atoms with van der Waals surface area (Å²) in [6, 6.07) is 20.0. The van der Waals surface area contributed by atoms with Crippen LogP contribution in [0.25, 0.3) is 11.8 Å². The number of rotatable bonds is 5. The fourth-order valence-electron chi connectivity index (χ4n) is 5.21. The molecule has 8 heteroatoms. The van der Waals surface area contributed by atoms with Crippen LogP contribution in [0.4, 0.5) is 0 Å². The molecule has 2 heterocycles. The molecule has 1 aliphatic carbocycles. The highest BCUT2D eigenvalue weighted by Gasteiger charge is 2.33. The minimum Gasteiger partial charge on any atom is -0.545 e. The van der Waals surface area contributed by atoms with Crippen LogP contribution >= 0.6 is 11.3 Å². The molecule has 1 aliphatic heterocycles. The van der Waals surface area contributed by atoms with Crippen molar-refractivity contribution in [2.45, 2.75) is 18.9 Å². The molecule has 0 unspecified atom stereocenters. The first-order valence-corrected chi connectivity index (χ1v) is 13.0. The van der Waals surface area contributed by atoms with Crippen LogP contribution in [-0.4, -0.2) is 24.8 Å². The Hall–Kier alpha value is -4.43. The van der Waals surface area contributed by atoms with Crippen LogP contribution < -0.4 is 29.5 Å². The van der Waals surface area contributed by atoms with Crippen LogP contribution in [0.1, 0.15) is 45.1 Å². The predicted octanol–water partition coefficient (Wildman–Crippen LogP) is 2.70. The van der Waals surface area contributed by atoms with Crippen molar-refractivity contribution in [3.05, 3.63) is 120 Å². The maximum Gasteiger partial charge on any atom is 0.271 e. The summed E-state index contributed by atoms with van der Waals surface area (Å²) in [7, 11) is 3.19. The van der Waals surface area contributed by atoms with Gasteiger partial charge in [-0.1, -0.05) is 65.9 Å². The minimum absolute atomic E-state index is 0.0865. The molecule has 6 rings (SSSR count). The molecule has 190 valence electrons. The maximum atomic E-state index is 13.9.